The van der Waals surface area contributed by atoms with Crippen LogP contribution < -0.4 is 0 Å². The molecule has 0 amide bonds. The smallest absolute Gasteiger partial charge is 0.306 e. The van der Waals surface area contributed by atoms with Gasteiger partial charge in [-0.3, -0.25) is 4.79 Å². The number of halogens is 1. The van der Waals surface area contributed by atoms with Crippen molar-refractivity contribution in [3.63, 3.8) is 0 Å². The van der Waals surface area contributed by atoms with Gasteiger partial charge in [-0.05, 0) is 86.4 Å². The van der Waals surface area contributed by atoms with E-state index in [0.717, 1.165) is 37.9 Å². The van der Waals surface area contributed by atoms with E-state index >= 15 is 0 Å². The molecule has 5 heteroatoms. The Morgan fingerprint density at radius 1 is 0.766 bits per heavy atom. The van der Waals surface area contributed by atoms with Crippen molar-refractivity contribution in [1.82, 2.24) is 9.80 Å². The summed E-state index contributed by atoms with van der Waals surface area (Å²) in [6.07, 6.45) is 6.82. The first kappa shape index (κ1) is 37.8. The van der Waals surface area contributed by atoms with Crippen LogP contribution >= 0.6 is 12.4 Å². The van der Waals surface area contributed by atoms with E-state index in [0.29, 0.717) is 12.8 Å². The molecule has 250 valence electrons. The van der Waals surface area contributed by atoms with Crippen LogP contribution in [0.3, 0.4) is 0 Å². The number of benzene rings is 4. The summed E-state index contributed by atoms with van der Waals surface area (Å²) in [4.78, 5) is 16.7. The summed E-state index contributed by atoms with van der Waals surface area (Å²) in [7, 11) is 8.37. The molecule has 0 unspecified atom stereocenters. The Morgan fingerprint density at radius 3 is 1.79 bits per heavy atom. The Labute approximate surface area is 289 Å². The van der Waals surface area contributed by atoms with Crippen LogP contribution in [0.5, 0.6) is 0 Å². The summed E-state index contributed by atoms with van der Waals surface area (Å²) < 4.78 is 6.17. The highest BCUT2D eigenvalue weighted by Gasteiger charge is 2.42. The highest BCUT2D eigenvalue weighted by atomic mass is 35.5. The normalized spacial score (nSPS) is 13.9. The third-order valence-electron chi connectivity index (χ3n) is 8.80. The third kappa shape index (κ3) is 10.4. The van der Waals surface area contributed by atoms with Gasteiger partial charge in [0.15, 0.2) is 0 Å². The van der Waals surface area contributed by atoms with Gasteiger partial charge in [0.1, 0.15) is 5.60 Å². The molecule has 0 bridgehead atoms. The molecule has 1 aliphatic carbocycles. The first-order valence-corrected chi connectivity index (χ1v) is 16.7. The molecule has 0 saturated carbocycles. The molecule has 0 radical (unpaired) electrons. The second kappa shape index (κ2) is 18.6. The molecule has 4 aromatic rings. The number of hydrogen-bond acceptors (Lipinski definition) is 4. The maximum Gasteiger partial charge on any atom is 0.306 e. The standard InChI is InChI=1S/C22H29NO2.C20H23N.ClH/c1-5-21(24)25-22(18(2)17-23(3)4,20-14-10-7-11-15-20)16-19-12-8-6-9-13-19;1-21(2)15-7-12-20-18-10-5-3-8-16(18)13-14-17-9-4-6-11-19(17)20;/h6-15,18H,5,16-17H2,1-4H3;3-6,8-12H,7,13-15H2,1-2H3;1H/t18-,22+;;/m1../s1. The van der Waals surface area contributed by atoms with Crippen molar-refractivity contribution in [2.45, 2.75) is 51.6 Å². The van der Waals surface area contributed by atoms with E-state index in [1.54, 1.807) is 0 Å². The fourth-order valence-electron chi connectivity index (χ4n) is 6.45. The molecule has 0 N–H and O–H groups in total. The van der Waals surface area contributed by atoms with Crippen LogP contribution in [0.2, 0.25) is 0 Å². The number of aryl methyl sites for hydroxylation is 2. The first-order valence-electron chi connectivity index (χ1n) is 16.7. The van der Waals surface area contributed by atoms with Crippen molar-refractivity contribution in [1.29, 1.82) is 0 Å². The van der Waals surface area contributed by atoms with Crippen molar-refractivity contribution in [2.75, 3.05) is 41.3 Å². The molecule has 4 nitrogen and oxygen atoms in total. The number of hydrogen-bond donors (Lipinski definition) is 0. The van der Waals surface area contributed by atoms with Crippen molar-refractivity contribution < 1.29 is 9.53 Å². The van der Waals surface area contributed by atoms with Crippen LogP contribution in [-0.4, -0.2) is 57.0 Å². The van der Waals surface area contributed by atoms with Gasteiger partial charge in [-0.2, -0.15) is 0 Å². The number of rotatable bonds is 11. The zero-order valence-corrected chi connectivity index (χ0v) is 29.9. The van der Waals surface area contributed by atoms with Gasteiger partial charge in [0, 0.05) is 31.8 Å². The molecule has 1 aliphatic rings. The minimum absolute atomic E-state index is 0. The fourth-order valence-corrected chi connectivity index (χ4v) is 6.45. The molecule has 5 rings (SSSR count). The SMILES string of the molecule is CCC(=O)O[C@](Cc1ccccc1)(c1ccccc1)[C@H](C)CN(C)C.CN(C)CCC=C1c2ccccc2CCc2ccccc21.Cl. The van der Waals surface area contributed by atoms with Crippen molar-refractivity contribution in [3.05, 3.63) is 149 Å². The van der Waals surface area contributed by atoms with Crippen molar-refractivity contribution in [2.24, 2.45) is 5.92 Å². The van der Waals surface area contributed by atoms with Gasteiger partial charge >= 0.3 is 5.97 Å². The lowest BCUT2D eigenvalue weighted by Gasteiger charge is -2.40. The summed E-state index contributed by atoms with van der Waals surface area (Å²) in [6, 6.07) is 38.2. The number of carbonyl (C=O) groups excluding carboxylic acids is 1. The Morgan fingerprint density at radius 2 is 1.28 bits per heavy atom. The molecule has 0 saturated heterocycles. The summed E-state index contributed by atoms with van der Waals surface area (Å²) >= 11 is 0. The van der Waals surface area contributed by atoms with Crippen LogP contribution in [-0.2, 0) is 34.4 Å². The maximum absolute atomic E-state index is 12.3. The number of fused-ring (bicyclic) bond motifs is 2. The number of carbonyl (C=O) groups is 1. The molecule has 0 fully saturated rings. The van der Waals surface area contributed by atoms with Gasteiger partial charge in [-0.15, -0.1) is 12.4 Å². The van der Waals surface area contributed by atoms with Gasteiger partial charge in [0.25, 0.3) is 0 Å². The van der Waals surface area contributed by atoms with Crippen molar-refractivity contribution >= 4 is 23.9 Å². The van der Waals surface area contributed by atoms with Crippen LogP contribution in [0.25, 0.3) is 5.57 Å². The Hall–Kier alpha value is -3.70. The van der Waals surface area contributed by atoms with E-state index in [-0.39, 0.29) is 24.3 Å². The fraction of sp³-hybridized carbons (Fsp3) is 0.357. The number of ether oxygens (including phenoxy) is 1. The summed E-state index contributed by atoms with van der Waals surface area (Å²) in [5.41, 5.74) is 8.74. The third-order valence-corrected chi connectivity index (χ3v) is 8.80. The second-order valence-corrected chi connectivity index (χ2v) is 12.9. The van der Waals surface area contributed by atoms with Crippen LogP contribution in [0.15, 0.2) is 115 Å². The molecule has 0 aromatic heterocycles. The molecular formula is C42H53ClN2O2. The van der Waals surface area contributed by atoms with E-state index in [1.165, 1.54) is 33.4 Å². The van der Waals surface area contributed by atoms with E-state index < -0.39 is 5.60 Å². The Bertz CT molecular complexity index is 1500. The number of esters is 1. The van der Waals surface area contributed by atoms with Crippen molar-refractivity contribution in [3.8, 4) is 0 Å². The first-order chi connectivity index (χ1) is 22.2. The topological polar surface area (TPSA) is 32.8 Å². The highest BCUT2D eigenvalue weighted by molar-refractivity contribution is 5.85. The molecule has 4 aromatic carbocycles. The van der Waals surface area contributed by atoms with Gasteiger partial charge < -0.3 is 14.5 Å². The predicted molar refractivity (Wildman–Crippen MR) is 200 cm³/mol. The minimum atomic E-state index is -0.681. The second-order valence-electron chi connectivity index (χ2n) is 12.9. The quantitative estimate of drug-likeness (QED) is 0.152. The van der Waals surface area contributed by atoms with Gasteiger partial charge in [-0.1, -0.05) is 129 Å². The number of nitrogens with zero attached hydrogens (tertiary/aromatic N) is 2. The molecule has 0 heterocycles. The molecule has 2 atom stereocenters. The molecular weight excluding hydrogens is 600 g/mol. The lowest BCUT2D eigenvalue weighted by Crippen LogP contribution is -2.44. The zero-order chi connectivity index (χ0) is 32.9. The van der Waals surface area contributed by atoms with E-state index in [9.17, 15) is 4.79 Å². The summed E-state index contributed by atoms with van der Waals surface area (Å²) in [5, 5.41) is 0. The van der Waals surface area contributed by atoms with Gasteiger partial charge in [0.05, 0.1) is 0 Å². The largest absolute Gasteiger partial charge is 0.453 e. The minimum Gasteiger partial charge on any atom is -0.453 e. The lowest BCUT2D eigenvalue weighted by atomic mass is 9.77. The van der Waals surface area contributed by atoms with Crippen LogP contribution in [0.1, 0.15) is 60.1 Å². The van der Waals surface area contributed by atoms with Gasteiger partial charge in [-0.25, -0.2) is 0 Å². The van der Waals surface area contributed by atoms with Crippen LogP contribution in [0.4, 0.5) is 0 Å². The summed E-state index contributed by atoms with van der Waals surface area (Å²) in [6.45, 7) is 5.93. The summed E-state index contributed by atoms with van der Waals surface area (Å²) in [5.74, 6) is -0.0222. The molecule has 47 heavy (non-hydrogen) atoms. The Balaban J connectivity index is 0.000000253. The van der Waals surface area contributed by atoms with E-state index in [1.807, 2.05) is 43.3 Å². The maximum atomic E-state index is 12.3. The molecule has 0 aliphatic heterocycles. The Kier molecular flexibility index (Phi) is 14.9. The highest BCUT2D eigenvalue weighted by Crippen LogP contribution is 2.38. The zero-order valence-electron chi connectivity index (χ0n) is 29.1. The van der Waals surface area contributed by atoms with E-state index in [4.69, 9.17) is 4.74 Å². The van der Waals surface area contributed by atoms with Crippen LogP contribution in [0, 0.1) is 5.92 Å². The molecule has 0 spiro atoms. The van der Waals surface area contributed by atoms with Gasteiger partial charge in [0.2, 0.25) is 0 Å². The average molecular weight is 653 g/mol. The van der Waals surface area contributed by atoms with E-state index in [2.05, 4.69) is 124 Å². The average Bonchev–Trinajstić information content (AvgIpc) is 3.22. The monoisotopic (exact) mass is 652 g/mol. The lowest BCUT2D eigenvalue weighted by molar-refractivity contribution is -0.168. The predicted octanol–water partition coefficient (Wildman–Crippen LogP) is 8.87.